The van der Waals surface area contributed by atoms with Crippen molar-refractivity contribution in [1.29, 1.82) is 0 Å². The molecule has 0 atom stereocenters. The van der Waals surface area contributed by atoms with Crippen molar-refractivity contribution in [2.75, 3.05) is 7.11 Å². The average molecular weight is 295 g/mol. The number of nitrogens with one attached hydrogen (secondary N) is 1. The van der Waals surface area contributed by atoms with Crippen LogP contribution in [0.15, 0.2) is 0 Å². The molecule has 0 aromatic carbocycles. The SMILES string of the molecule is COC(=O)C1(NC2CCCCC2)CCC(C(C)(C)C)CC1. The van der Waals surface area contributed by atoms with Gasteiger partial charge in [-0.3, -0.25) is 10.1 Å². The van der Waals surface area contributed by atoms with Crippen LogP contribution in [-0.2, 0) is 9.53 Å². The number of ether oxygens (including phenoxy) is 1. The molecule has 3 heteroatoms. The van der Waals surface area contributed by atoms with Crippen LogP contribution in [0.1, 0.15) is 78.6 Å². The molecular weight excluding hydrogens is 262 g/mol. The monoisotopic (exact) mass is 295 g/mol. The third-order valence-corrected chi connectivity index (χ3v) is 5.73. The van der Waals surface area contributed by atoms with Gasteiger partial charge in [0.2, 0.25) is 0 Å². The van der Waals surface area contributed by atoms with Crippen molar-refractivity contribution < 1.29 is 9.53 Å². The molecule has 0 saturated heterocycles. The lowest BCUT2D eigenvalue weighted by Crippen LogP contribution is -2.59. The lowest BCUT2D eigenvalue weighted by molar-refractivity contribution is -0.151. The molecule has 2 aliphatic carbocycles. The Morgan fingerprint density at radius 3 is 2.10 bits per heavy atom. The van der Waals surface area contributed by atoms with E-state index in [4.69, 9.17) is 4.74 Å². The zero-order valence-electron chi connectivity index (χ0n) is 14.3. The summed E-state index contributed by atoms with van der Waals surface area (Å²) >= 11 is 0. The number of carbonyl (C=O) groups excluding carboxylic acids is 1. The molecule has 0 spiro atoms. The third kappa shape index (κ3) is 4.00. The Bertz CT molecular complexity index is 345. The molecule has 2 aliphatic rings. The maximum atomic E-state index is 12.4. The molecule has 2 rings (SSSR count). The highest BCUT2D eigenvalue weighted by Crippen LogP contribution is 2.42. The Hall–Kier alpha value is -0.570. The summed E-state index contributed by atoms with van der Waals surface area (Å²) in [5, 5.41) is 3.72. The maximum Gasteiger partial charge on any atom is 0.326 e. The van der Waals surface area contributed by atoms with Crippen LogP contribution in [0.4, 0.5) is 0 Å². The van der Waals surface area contributed by atoms with E-state index >= 15 is 0 Å². The normalized spacial score (nSPS) is 31.9. The Labute approximate surface area is 130 Å². The predicted octanol–water partition coefficient (Wildman–Crippen LogP) is 4.06. The second-order valence-electron chi connectivity index (χ2n) is 8.19. The fraction of sp³-hybridized carbons (Fsp3) is 0.944. The van der Waals surface area contributed by atoms with Crippen LogP contribution in [0.2, 0.25) is 0 Å². The molecule has 0 amide bonds. The summed E-state index contributed by atoms with van der Waals surface area (Å²) in [7, 11) is 1.53. The first kappa shape index (κ1) is 16.8. The van der Waals surface area contributed by atoms with Gasteiger partial charge in [-0.05, 0) is 49.9 Å². The average Bonchev–Trinajstić information content (AvgIpc) is 2.47. The van der Waals surface area contributed by atoms with Gasteiger partial charge in [-0.15, -0.1) is 0 Å². The van der Waals surface area contributed by atoms with Gasteiger partial charge in [0, 0.05) is 6.04 Å². The first-order chi connectivity index (χ1) is 9.87. The zero-order valence-corrected chi connectivity index (χ0v) is 14.3. The van der Waals surface area contributed by atoms with Crippen LogP contribution in [0.3, 0.4) is 0 Å². The van der Waals surface area contributed by atoms with E-state index < -0.39 is 5.54 Å². The molecule has 21 heavy (non-hydrogen) atoms. The van der Waals surface area contributed by atoms with Crippen LogP contribution < -0.4 is 5.32 Å². The van der Waals surface area contributed by atoms with Gasteiger partial charge in [0.1, 0.15) is 5.54 Å². The smallest absolute Gasteiger partial charge is 0.326 e. The van der Waals surface area contributed by atoms with Crippen molar-refractivity contribution in [3.05, 3.63) is 0 Å². The molecule has 0 radical (unpaired) electrons. The van der Waals surface area contributed by atoms with Gasteiger partial charge < -0.3 is 4.74 Å². The molecule has 0 unspecified atom stereocenters. The molecule has 0 heterocycles. The van der Waals surface area contributed by atoms with Gasteiger partial charge in [-0.25, -0.2) is 0 Å². The van der Waals surface area contributed by atoms with Crippen LogP contribution in [0.5, 0.6) is 0 Å². The second kappa shape index (κ2) is 6.68. The highest BCUT2D eigenvalue weighted by molar-refractivity contribution is 5.81. The van der Waals surface area contributed by atoms with Crippen LogP contribution in [0, 0.1) is 11.3 Å². The molecular formula is C18H33NO2. The molecule has 0 aromatic rings. The van der Waals surface area contributed by atoms with Crippen molar-refractivity contribution in [3.63, 3.8) is 0 Å². The number of hydrogen-bond acceptors (Lipinski definition) is 3. The lowest BCUT2D eigenvalue weighted by Gasteiger charge is -2.44. The summed E-state index contributed by atoms with van der Waals surface area (Å²) in [6, 6.07) is 0.504. The largest absolute Gasteiger partial charge is 0.468 e. The minimum Gasteiger partial charge on any atom is -0.468 e. The number of carbonyl (C=O) groups is 1. The maximum absolute atomic E-state index is 12.4. The van der Waals surface area contributed by atoms with Gasteiger partial charge in [0.25, 0.3) is 0 Å². The van der Waals surface area contributed by atoms with Gasteiger partial charge >= 0.3 is 5.97 Å². The Balaban J connectivity index is 2.03. The highest BCUT2D eigenvalue weighted by Gasteiger charge is 2.45. The van der Waals surface area contributed by atoms with E-state index in [2.05, 4.69) is 26.1 Å². The second-order valence-corrected chi connectivity index (χ2v) is 8.19. The van der Waals surface area contributed by atoms with E-state index in [0.29, 0.717) is 17.4 Å². The fourth-order valence-corrected chi connectivity index (χ4v) is 4.22. The topological polar surface area (TPSA) is 38.3 Å². The summed E-state index contributed by atoms with van der Waals surface area (Å²) < 4.78 is 5.15. The molecule has 0 bridgehead atoms. The quantitative estimate of drug-likeness (QED) is 0.798. The van der Waals surface area contributed by atoms with E-state index in [-0.39, 0.29) is 5.97 Å². The van der Waals surface area contributed by atoms with Gasteiger partial charge in [0.05, 0.1) is 7.11 Å². The number of hydrogen-bond donors (Lipinski definition) is 1. The minimum atomic E-state index is -0.418. The van der Waals surface area contributed by atoms with Crippen LogP contribution in [0.25, 0.3) is 0 Å². The van der Waals surface area contributed by atoms with Gasteiger partial charge in [-0.2, -0.15) is 0 Å². The number of esters is 1. The van der Waals surface area contributed by atoms with Crippen molar-refractivity contribution in [2.45, 2.75) is 90.1 Å². The Kier molecular flexibility index (Phi) is 5.34. The van der Waals surface area contributed by atoms with E-state index in [0.717, 1.165) is 25.7 Å². The van der Waals surface area contributed by atoms with E-state index in [1.54, 1.807) is 0 Å². The van der Waals surface area contributed by atoms with E-state index in [1.165, 1.54) is 39.2 Å². The van der Waals surface area contributed by atoms with Gasteiger partial charge in [-0.1, -0.05) is 40.0 Å². The van der Waals surface area contributed by atoms with Crippen LogP contribution in [-0.4, -0.2) is 24.7 Å². The molecule has 122 valence electrons. The predicted molar refractivity (Wildman–Crippen MR) is 86.2 cm³/mol. The minimum absolute atomic E-state index is 0.0413. The van der Waals surface area contributed by atoms with Crippen molar-refractivity contribution in [3.8, 4) is 0 Å². The Morgan fingerprint density at radius 1 is 1.05 bits per heavy atom. The molecule has 0 aliphatic heterocycles. The third-order valence-electron chi connectivity index (χ3n) is 5.73. The summed E-state index contributed by atoms with van der Waals surface area (Å²) in [4.78, 5) is 12.4. The summed E-state index contributed by atoms with van der Waals surface area (Å²) in [5.41, 5.74) is -0.0778. The molecule has 0 aromatic heterocycles. The molecule has 2 fully saturated rings. The van der Waals surface area contributed by atoms with Crippen molar-refractivity contribution in [1.82, 2.24) is 5.32 Å². The van der Waals surface area contributed by atoms with Gasteiger partial charge in [0.15, 0.2) is 0 Å². The zero-order chi connectivity index (χ0) is 15.5. The fourth-order valence-electron chi connectivity index (χ4n) is 4.22. The standard InChI is InChI=1S/C18H33NO2/c1-17(2,3)14-10-12-18(13-11-14,16(20)21-4)19-15-8-6-5-7-9-15/h14-15,19H,5-13H2,1-4H3. The van der Waals surface area contributed by atoms with E-state index in [9.17, 15) is 4.79 Å². The number of rotatable bonds is 3. The Morgan fingerprint density at radius 2 is 1.62 bits per heavy atom. The number of methoxy groups -OCH3 is 1. The summed E-state index contributed by atoms with van der Waals surface area (Å²) in [6.07, 6.45) is 10.4. The lowest BCUT2D eigenvalue weighted by atomic mass is 9.67. The summed E-state index contributed by atoms with van der Waals surface area (Å²) in [6.45, 7) is 6.95. The van der Waals surface area contributed by atoms with E-state index in [1.807, 2.05) is 0 Å². The molecule has 3 nitrogen and oxygen atoms in total. The molecule has 1 N–H and O–H groups in total. The first-order valence-electron chi connectivity index (χ1n) is 8.73. The first-order valence-corrected chi connectivity index (χ1v) is 8.73. The summed E-state index contributed by atoms with van der Waals surface area (Å²) in [5.74, 6) is 0.670. The molecule has 2 saturated carbocycles. The van der Waals surface area contributed by atoms with Crippen molar-refractivity contribution in [2.24, 2.45) is 11.3 Å². The van der Waals surface area contributed by atoms with Crippen LogP contribution >= 0.6 is 0 Å². The highest BCUT2D eigenvalue weighted by atomic mass is 16.5. The van der Waals surface area contributed by atoms with Crippen molar-refractivity contribution >= 4 is 5.97 Å².